The van der Waals surface area contributed by atoms with Crippen LogP contribution in [0, 0.1) is 6.92 Å². The molecular formula is C25H22N6O2. The van der Waals surface area contributed by atoms with E-state index in [2.05, 4.69) is 33.0 Å². The Hall–Kier alpha value is -4.46. The molecule has 2 heterocycles. The molecule has 3 aromatic carbocycles. The van der Waals surface area contributed by atoms with Crippen LogP contribution in [0.15, 0.2) is 78.9 Å². The van der Waals surface area contributed by atoms with E-state index in [0.717, 1.165) is 22.2 Å². The van der Waals surface area contributed by atoms with Gasteiger partial charge in [-0.15, -0.1) is 5.10 Å². The van der Waals surface area contributed by atoms with Gasteiger partial charge in [-0.1, -0.05) is 48.5 Å². The number of methoxy groups -OCH3 is 1. The summed E-state index contributed by atoms with van der Waals surface area (Å²) in [6.07, 6.45) is 0. The molecule has 0 fully saturated rings. The normalized spacial score (nSPS) is 11.0. The van der Waals surface area contributed by atoms with Crippen molar-refractivity contribution in [2.75, 3.05) is 12.4 Å². The van der Waals surface area contributed by atoms with Crippen LogP contribution in [0.1, 0.15) is 5.82 Å². The molecule has 164 valence electrons. The second kappa shape index (κ2) is 8.58. The van der Waals surface area contributed by atoms with Gasteiger partial charge in [0.15, 0.2) is 5.82 Å². The zero-order valence-electron chi connectivity index (χ0n) is 18.3. The molecule has 0 aliphatic heterocycles. The summed E-state index contributed by atoms with van der Waals surface area (Å²) in [6.45, 7) is 1.97. The summed E-state index contributed by atoms with van der Waals surface area (Å²) in [5, 5.41) is 15.7. The number of aromatic nitrogens is 5. The highest BCUT2D eigenvalue weighted by Gasteiger charge is 2.15. The fourth-order valence-corrected chi connectivity index (χ4v) is 3.96. The molecular weight excluding hydrogens is 416 g/mol. The molecule has 0 saturated carbocycles. The molecule has 8 heteroatoms. The van der Waals surface area contributed by atoms with Gasteiger partial charge >= 0.3 is 0 Å². The lowest BCUT2D eigenvalue weighted by molar-refractivity contribution is -0.116. The number of hydrogen-bond donors (Lipinski definition) is 1. The number of para-hydroxylation sites is 1. The minimum Gasteiger partial charge on any atom is -0.494 e. The summed E-state index contributed by atoms with van der Waals surface area (Å²) in [5.74, 6) is 1.08. The van der Waals surface area contributed by atoms with Crippen LogP contribution in [0.5, 0.6) is 5.75 Å². The maximum Gasteiger partial charge on any atom is 0.244 e. The molecule has 8 nitrogen and oxygen atoms in total. The van der Waals surface area contributed by atoms with Gasteiger partial charge in [0, 0.05) is 22.3 Å². The van der Waals surface area contributed by atoms with E-state index in [-0.39, 0.29) is 12.5 Å². The fourth-order valence-electron chi connectivity index (χ4n) is 3.96. The zero-order chi connectivity index (χ0) is 22.8. The molecule has 0 bridgehead atoms. The summed E-state index contributed by atoms with van der Waals surface area (Å²) in [7, 11) is 1.58. The second-order valence-electron chi connectivity index (χ2n) is 7.61. The van der Waals surface area contributed by atoms with E-state index < -0.39 is 0 Å². The Morgan fingerprint density at radius 2 is 1.79 bits per heavy atom. The lowest BCUT2D eigenvalue weighted by Gasteiger charge is -2.14. The molecule has 0 radical (unpaired) electrons. The van der Waals surface area contributed by atoms with Crippen molar-refractivity contribution in [1.82, 2.24) is 24.8 Å². The first kappa shape index (κ1) is 20.4. The smallest absolute Gasteiger partial charge is 0.244 e. The van der Waals surface area contributed by atoms with Crippen molar-refractivity contribution in [2.24, 2.45) is 0 Å². The number of nitrogens with zero attached hydrogens (tertiary/aromatic N) is 5. The van der Waals surface area contributed by atoms with Gasteiger partial charge in [-0.25, -0.2) is 0 Å². The first-order valence-electron chi connectivity index (χ1n) is 10.5. The van der Waals surface area contributed by atoms with Crippen molar-refractivity contribution in [2.45, 2.75) is 13.5 Å². The second-order valence-corrected chi connectivity index (χ2v) is 7.61. The average molecular weight is 438 g/mol. The molecule has 5 aromatic rings. The van der Waals surface area contributed by atoms with Crippen LogP contribution in [0.25, 0.3) is 27.8 Å². The first-order chi connectivity index (χ1) is 16.1. The van der Waals surface area contributed by atoms with Crippen molar-refractivity contribution in [3.63, 3.8) is 0 Å². The molecule has 2 aromatic heterocycles. The van der Waals surface area contributed by atoms with Crippen LogP contribution in [-0.2, 0) is 11.3 Å². The monoisotopic (exact) mass is 438 g/mol. The van der Waals surface area contributed by atoms with E-state index in [9.17, 15) is 4.79 Å². The van der Waals surface area contributed by atoms with E-state index in [1.807, 2.05) is 53.1 Å². The van der Waals surface area contributed by atoms with Crippen LogP contribution in [0.3, 0.4) is 0 Å². The first-order valence-corrected chi connectivity index (χ1v) is 10.5. The zero-order valence-corrected chi connectivity index (χ0v) is 18.3. The number of rotatable bonds is 6. The summed E-state index contributed by atoms with van der Waals surface area (Å²) >= 11 is 0. The Balaban J connectivity index is 1.46. The number of tetrazole rings is 1. The number of anilines is 1. The lowest BCUT2D eigenvalue weighted by atomic mass is 10.1. The van der Waals surface area contributed by atoms with Crippen molar-refractivity contribution < 1.29 is 9.53 Å². The maximum absolute atomic E-state index is 13.1. The minimum atomic E-state index is -0.141. The quantitative estimate of drug-likeness (QED) is 0.429. The molecule has 0 atom stereocenters. The SMILES string of the molecule is COc1ccc(NC(=O)Cn2c(-c3ccccc3)cc3ccccc32)cc1-n1nnnc1C. The molecule has 0 aliphatic rings. The lowest BCUT2D eigenvalue weighted by Crippen LogP contribution is -2.19. The highest BCUT2D eigenvalue weighted by atomic mass is 16.5. The number of ether oxygens (including phenoxy) is 1. The van der Waals surface area contributed by atoms with E-state index in [4.69, 9.17) is 4.74 Å². The van der Waals surface area contributed by atoms with Gasteiger partial charge in [0.1, 0.15) is 18.0 Å². The molecule has 0 saturated heterocycles. The standard InChI is InChI=1S/C25H22N6O2/c1-17-27-28-29-31(17)23-15-20(12-13-24(23)33-2)26-25(32)16-30-21-11-7-6-10-19(21)14-22(30)18-8-4-3-5-9-18/h3-15H,16H2,1-2H3,(H,26,32). The van der Waals surface area contributed by atoms with Gasteiger partial charge in [0.25, 0.3) is 0 Å². The van der Waals surface area contributed by atoms with Crippen molar-refractivity contribution >= 4 is 22.5 Å². The third-order valence-corrected chi connectivity index (χ3v) is 5.50. The fraction of sp³-hybridized carbons (Fsp3) is 0.120. The maximum atomic E-state index is 13.1. The van der Waals surface area contributed by atoms with Gasteiger partial charge in [0.05, 0.1) is 7.11 Å². The summed E-state index contributed by atoms with van der Waals surface area (Å²) in [5.41, 5.74) is 4.33. The van der Waals surface area contributed by atoms with Crippen LogP contribution < -0.4 is 10.1 Å². The summed E-state index contributed by atoms with van der Waals surface area (Å²) < 4.78 is 9.06. The number of carbonyl (C=O) groups excluding carboxylic acids is 1. The van der Waals surface area contributed by atoms with Gasteiger partial charge in [-0.05, 0) is 53.2 Å². The van der Waals surface area contributed by atoms with E-state index in [0.29, 0.717) is 22.9 Å². The molecule has 0 aliphatic carbocycles. The number of nitrogens with one attached hydrogen (secondary N) is 1. The Kier molecular flexibility index (Phi) is 5.32. The van der Waals surface area contributed by atoms with Gasteiger partial charge in [0.2, 0.25) is 5.91 Å². The summed E-state index contributed by atoms with van der Waals surface area (Å²) in [4.78, 5) is 13.1. The van der Waals surface area contributed by atoms with Crippen LogP contribution in [0.4, 0.5) is 5.69 Å². The van der Waals surface area contributed by atoms with Crippen LogP contribution in [0.2, 0.25) is 0 Å². The predicted octanol–water partition coefficient (Wildman–Crippen LogP) is 4.24. The highest BCUT2D eigenvalue weighted by Crippen LogP contribution is 2.29. The van der Waals surface area contributed by atoms with E-state index in [1.54, 1.807) is 36.9 Å². The van der Waals surface area contributed by atoms with Crippen LogP contribution >= 0.6 is 0 Å². The number of fused-ring (bicyclic) bond motifs is 1. The van der Waals surface area contributed by atoms with E-state index in [1.165, 1.54) is 0 Å². The highest BCUT2D eigenvalue weighted by molar-refractivity contribution is 5.94. The predicted molar refractivity (Wildman–Crippen MR) is 126 cm³/mol. The molecule has 5 rings (SSSR count). The third kappa shape index (κ3) is 3.94. The molecule has 1 N–H and O–H groups in total. The van der Waals surface area contributed by atoms with Crippen molar-refractivity contribution in [3.05, 3.63) is 84.7 Å². The number of amides is 1. The number of benzene rings is 3. The largest absolute Gasteiger partial charge is 0.494 e. The Bertz CT molecular complexity index is 1440. The van der Waals surface area contributed by atoms with Gasteiger partial charge in [-0.2, -0.15) is 4.68 Å². The topological polar surface area (TPSA) is 86.9 Å². The minimum absolute atomic E-state index is 0.141. The van der Waals surface area contributed by atoms with Crippen LogP contribution in [-0.4, -0.2) is 37.8 Å². The third-order valence-electron chi connectivity index (χ3n) is 5.50. The average Bonchev–Trinajstić information content (AvgIpc) is 3.43. The molecule has 33 heavy (non-hydrogen) atoms. The van der Waals surface area contributed by atoms with Crippen molar-refractivity contribution in [1.29, 1.82) is 0 Å². The van der Waals surface area contributed by atoms with E-state index >= 15 is 0 Å². The molecule has 0 spiro atoms. The Morgan fingerprint density at radius 3 is 2.55 bits per heavy atom. The number of carbonyl (C=O) groups is 1. The Morgan fingerprint density at radius 1 is 1.00 bits per heavy atom. The van der Waals surface area contributed by atoms with Crippen molar-refractivity contribution in [3.8, 4) is 22.7 Å². The number of hydrogen-bond acceptors (Lipinski definition) is 5. The van der Waals surface area contributed by atoms with Gasteiger partial charge in [-0.3, -0.25) is 4.79 Å². The molecule has 1 amide bonds. The Labute approximate surface area is 190 Å². The van der Waals surface area contributed by atoms with Gasteiger partial charge < -0.3 is 14.6 Å². The molecule has 0 unspecified atom stereocenters. The number of aryl methyl sites for hydroxylation is 1. The summed E-state index contributed by atoms with van der Waals surface area (Å²) in [6, 6.07) is 25.6.